The first-order valence-electron chi connectivity index (χ1n) is 7.38. The second kappa shape index (κ2) is 12.4. The molecule has 0 amide bonds. The number of nitrogens with two attached hydrogens (primary N) is 1. The van der Waals surface area contributed by atoms with Crippen LogP contribution in [-0.4, -0.2) is 50.0 Å². The second-order valence-corrected chi connectivity index (χ2v) is 4.63. The summed E-state index contributed by atoms with van der Waals surface area (Å²) in [6.07, 6.45) is 0.925. The number of nitrogens with one attached hydrogen (secondary N) is 1. The van der Waals surface area contributed by atoms with Gasteiger partial charge < -0.3 is 25.6 Å². The summed E-state index contributed by atoms with van der Waals surface area (Å²) >= 11 is 0. The van der Waals surface area contributed by atoms with Crippen LogP contribution in [0.25, 0.3) is 0 Å². The average molecular weight is 326 g/mol. The Morgan fingerprint density at radius 2 is 1.91 bits per heavy atom. The highest BCUT2D eigenvalue weighted by molar-refractivity contribution is 5.79. The number of carboxylic acid groups (broad SMARTS) is 1. The summed E-state index contributed by atoms with van der Waals surface area (Å²) in [7, 11) is 1.58. The molecule has 0 aromatic heterocycles. The molecule has 0 bridgehead atoms. The number of carbonyl (C=O) groups is 2. The van der Waals surface area contributed by atoms with Gasteiger partial charge in [-0.15, -0.1) is 0 Å². The van der Waals surface area contributed by atoms with Crippen molar-refractivity contribution in [3.8, 4) is 0 Å². The van der Waals surface area contributed by atoms with Crippen LogP contribution in [-0.2, 0) is 25.5 Å². The summed E-state index contributed by atoms with van der Waals surface area (Å²) < 4.78 is 9.89. The first-order chi connectivity index (χ1) is 11.0. The summed E-state index contributed by atoms with van der Waals surface area (Å²) in [5.74, 6) is -1.23. The standard InChI is InChI=1S/C14H21NO3.C2H5NO2/c1-4-12-7-5-6-8-13(12)15-11(2)14(16)18-10-9-17-3;3-1-2(4)5/h5-8,11,15H,4,9-10H2,1-3H3;1,3H2,(H,4,5)/t11-;/m0./s1. The fourth-order valence-electron chi connectivity index (χ4n) is 1.61. The van der Waals surface area contributed by atoms with E-state index in [1.165, 1.54) is 5.56 Å². The van der Waals surface area contributed by atoms with Crippen LogP contribution in [0.1, 0.15) is 19.4 Å². The second-order valence-electron chi connectivity index (χ2n) is 4.63. The number of aliphatic carboxylic acids is 1. The largest absolute Gasteiger partial charge is 0.480 e. The summed E-state index contributed by atoms with van der Waals surface area (Å²) in [4.78, 5) is 20.9. The maximum absolute atomic E-state index is 11.7. The minimum absolute atomic E-state index is 0.266. The van der Waals surface area contributed by atoms with Gasteiger partial charge in [-0.2, -0.15) is 0 Å². The van der Waals surface area contributed by atoms with Crippen LogP contribution >= 0.6 is 0 Å². The van der Waals surface area contributed by atoms with Crippen molar-refractivity contribution in [1.82, 2.24) is 0 Å². The Balaban J connectivity index is 0.000000841. The van der Waals surface area contributed by atoms with E-state index in [0.29, 0.717) is 6.61 Å². The highest BCUT2D eigenvalue weighted by Crippen LogP contribution is 2.16. The van der Waals surface area contributed by atoms with E-state index in [2.05, 4.69) is 18.0 Å². The Kier molecular flexibility index (Phi) is 11.3. The van der Waals surface area contributed by atoms with Crippen LogP contribution < -0.4 is 11.1 Å². The summed E-state index contributed by atoms with van der Waals surface area (Å²) in [5.41, 5.74) is 6.74. The van der Waals surface area contributed by atoms with Crippen molar-refractivity contribution in [2.45, 2.75) is 26.3 Å². The van der Waals surface area contributed by atoms with Crippen molar-refractivity contribution in [2.24, 2.45) is 5.73 Å². The molecule has 1 aromatic rings. The number of benzene rings is 1. The number of rotatable bonds is 8. The van der Waals surface area contributed by atoms with Gasteiger partial charge in [-0.25, -0.2) is 4.79 Å². The lowest BCUT2D eigenvalue weighted by Crippen LogP contribution is -2.29. The number of hydrogen-bond donors (Lipinski definition) is 3. The van der Waals surface area contributed by atoms with Crippen LogP contribution in [0.5, 0.6) is 0 Å². The van der Waals surface area contributed by atoms with Gasteiger partial charge in [0, 0.05) is 12.8 Å². The zero-order valence-electron chi connectivity index (χ0n) is 13.9. The molecule has 130 valence electrons. The predicted molar refractivity (Wildman–Crippen MR) is 88.4 cm³/mol. The Hall–Kier alpha value is -2.12. The number of carboxylic acids is 1. The lowest BCUT2D eigenvalue weighted by Gasteiger charge is -2.16. The van der Waals surface area contributed by atoms with Gasteiger partial charge >= 0.3 is 11.9 Å². The predicted octanol–water partition coefficient (Wildman–Crippen LogP) is 1.27. The molecule has 1 rings (SSSR count). The van der Waals surface area contributed by atoms with Gasteiger partial charge in [-0.1, -0.05) is 25.1 Å². The maximum atomic E-state index is 11.7. The molecular weight excluding hydrogens is 300 g/mol. The molecule has 0 aliphatic carbocycles. The van der Waals surface area contributed by atoms with E-state index in [-0.39, 0.29) is 25.2 Å². The fourth-order valence-corrected chi connectivity index (χ4v) is 1.61. The van der Waals surface area contributed by atoms with Gasteiger partial charge in [0.25, 0.3) is 0 Å². The Bertz CT molecular complexity index is 479. The number of hydrogen-bond acceptors (Lipinski definition) is 6. The molecule has 0 heterocycles. The van der Waals surface area contributed by atoms with Gasteiger partial charge in [-0.05, 0) is 25.0 Å². The van der Waals surface area contributed by atoms with Crippen LogP contribution in [0.4, 0.5) is 5.69 Å². The highest BCUT2D eigenvalue weighted by Gasteiger charge is 2.14. The monoisotopic (exact) mass is 326 g/mol. The molecule has 0 unspecified atom stereocenters. The highest BCUT2D eigenvalue weighted by atomic mass is 16.6. The topological polar surface area (TPSA) is 111 Å². The van der Waals surface area contributed by atoms with Crippen LogP contribution in [0.3, 0.4) is 0 Å². The van der Waals surface area contributed by atoms with Crippen molar-refractivity contribution >= 4 is 17.6 Å². The van der Waals surface area contributed by atoms with Crippen molar-refractivity contribution < 1.29 is 24.2 Å². The van der Waals surface area contributed by atoms with E-state index in [0.717, 1.165) is 12.1 Å². The van der Waals surface area contributed by atoms with Crippen molar-refractivity contribution in [2.75, 3.05) is 32.2 Å². The summed E-state index contributed by atoms with van der Waals surface area (Å²) in [5, 5.41) is 10.8. The molecule has 0 radical (unpaired) electrons. The van der Waals surface area contributed by atoms with E-state index in [9.17, 15) is 9.59 Å². The normalized spacial score (nSPS) is 11.0. The quantitative estimate of drug-likeness (QED) is 0.487. The molecular formula is C16H26N2O5. The first kappa shape index (κ1) is 20.9. The lowest BCUT2D eigenvalue weighted by atomic mass is 10.1. The Morgan fingerprint density at radius 1 is 1.30 bits per heavy atom. The average Bonchev–Trinajstić information content (AvgIpc) is 2.55. The van der Waals surface area contributed by atoms with Gasteiger partial charge in [0.2, 0.25) is 0 Å². The molecule has 0 spiro atoms. The minimum atomic E-state index is -0.968. The number of carbonyl (C=O) groups excluding carboxylic acids is 1. The van der Waals surface area contributed by atoms with Crippen LogP contribution in [0.15, 0.2) is 24.3 Å². The zero-order valence-corrected chi connectivity index (χ0v) is 13.9. The first-order valence-corrected chi connectivity index (χ1v) is 7.38. The van der Waals surface area contributed by atoms with Crippen molar-refractivity contribution in [3.05, 3.63) is 29.8 Å². The van der Waals surface area contributed by atoms with Gasteiger partial charge in [0.1, 0.15) is 12.6 Å². The van der Waals surface area contributed by atoms with Gasteiger partial charge in [0.15, 0.2) is 0 Å². The molecule has 0 saturated carbocycles. The molecule has 4 N–H and O–H groups in total. The number of esters is 1. The SMILES string of the molecule is CCc1ccccc1N[C@@H](C)C(=O)OCCOC.NCC(=O)O. The molecule has 23 heavy (non-hydrogen) atoms. The van der Waals surface area contributed by atoms with E-state index in [1.807, 2.05) is 24.3 Å². The third kappa shape index (κ3) is 9.49. The maximum Gasteiger partial charge on any atom is 0.328 e. The van der Waals surface area contributed by atoms with Crippen LogP contribution in [0, 0.1) is 0 Å². The molecule has 7 heteroatoms. The summed E-state index contributed by atoms with van der Waals surface area (Å²) in [6.45, 7) is 4.31. The summed E-state index contributed by atoms with van der Waals surface area (Å²) in [6, 6.07) is 7.59. The molecule has 0 aliphatic rings. The smallest absolute Gasteiger partial charge is 0.328 e. The number of aryl methyl sites for hydroxylation is 1. The molecule has 0 fully saturated rings. The molecule has 0 saturated heterocycles. The fraction of sp³-hybridized carbons (Fsp3) is 0.500. The van der Waals surface area contributed by atoms with Gasteiger partial charge in [0.05, 0.1) is 13.2 Å². The van der Waals surface area contributed by atoms with Crippen molar-refractivity contribution in [1.29, 1.82) is 0 Å². The third-order valence-electron chi connectivity index (χ3n) is 2.83. The van der Waals surface area contributed by atoms with Gasteiger partial charge in [-0.3, -0.25) is 4.79 Å². The van der Waals surface area contributed by atoms with E-state index >= 15 is 0 Å². The number of para-hydroxylation sites is 1. The van der Waals surface area contributed by atoms with E-state index in [1.54, 1.807) is 14.0 Å². The van der Waals surface area contributed by atoms with E-state index < -0.39 is 5.97 Å². The molecule has 1 atom stereocenters. The Morgan fingerprint density at radius 3 is 2.43 bits per heavy atom. The molecule has 1 aromatic carbocycles. The van der Waals surface area contributed by atoms with Crippen LogP contribution in [0.2, 0.25) is 0 Å². The Labute approximate surface area is 136 Å². The molecule has 7 nitrogen and oxygen atoms in total. The van der Waals surface area contributed by atoms with Crippen molar-refractivity contribution in [3.63, 3.8) is 0 Å². The molecule has 0 aliphatic heterocycles. The lowest BCUT2D eigenvalue weighted by molar-refractivity contribution is -0.145. The van der Waals surface area contributed by atoms with E-state index in [4.69, 9.17) is 14.6 Å². The third-order valence-corrected chi connectivity index (χ3v) is 2.83. The minimum Gasteiger partial charge on any atom is -0.480 e. The number of ether oxygens (including phenoxy) is 2. The number of anilines is 1. The number of methoxy groups -OCH3 is 1. The zero-order chi connectivity index (χ0) is 17.7.